The Balaban J connectivity index is 2.10. The quantitative estimate of drug-likeness (QED) is 0.592. The van der Waals surface area contributed by atoms with Gasteiger partial charge in [-0.3, -0.25) is 4.98 Å². The van der Waals surface area contributed by atoms with Gasteiger partial charge in [-0.05, 0) is 49.7 Å². The number of benzene rings is 1. The number of hydrogen-bond acceptors (Lipinski definition) is 4. The zero-order valence-corrected chi connectivity index (χ0v) is 13.0. The summed E-state index contributed by atoms with van der Waals surface area (Å²) >= 11 is 0. The third kappa shape index (κ3) is 4.35. The topological polar surface area (TPSA) is 104 Å². The lowest BCUT2D eigenvalue weighted by atomic mass is 10.1. The summed E-state index contributed by atoms with van der Waals surface area (Å²) < 4.78 is 13.3. The largest absolute Gasteiger partial charge is 0.478 e. The van der Waals surface area contributed by atoms with Crippen LogP contribution in [-0.2, 0) is 0 Å². The summed E-state index contributed by atoms with van der Waals surface area (Å²) in [7, 11) is 0. The van der Waals surface area contributed by atoms with Crippen molar-refractivity contribution in [3.05, 3.63) is 59.2 Å². The second-order valence-corrected chi connectivity index (χ2v) is 4.99. The zero-order valence-electron chi connectivity index (χ0n) is 13.0. The molecule has 7 nitrogen and oxygen atoms in total. The minimum Gasteiger partial charge on any atom is -0.478 e. The van der Waals surface area contributed by atoms with Gasteiger partial charge in [-0.2, -0.15) is 5.10 Å². The molecular weight excluding hydrogens is 315 g/mol. The van der Waals surface area contributed by atoms with E-state index in [1.54, 1.807) is 13.0 Å². The lowest BCUT2D eigenvalue weighted by molar-refractivity contribution is 0.0696. The van der Waals surface area contributed by atoms with E-state index in [1.165, 1.54) is 37.4 Å². The third-order valence-corrected chi connectivity index (χ3v) is 3.01. The van der Waals surface area contributed by atoms with Crippen LogP contribution in [-0.4, -0.2) is 27.8 Å². The van der Waals surface area contributed by atoms with Gasteiger partial charge in [0.05, 0.1) is 11.3 Å². The minimum atomic E-state index is -1.15. The summed E-state index contributed by atoms with van der Waals surface area (Å²) in [5, 5.41) is 15.4. The van der Waals surface area contributed by atoms with E-state index >= 15 is 0 Å². The number of nitrogens with zero attached hydrogens (tertiary/aromatic N) is 2. The van der Waals surface area contributed by atoms with Gasteiger partial charge in [0.1, 0.15) is 11.5 Å². The SMILES string of the molecule is CC(=NNC(=O)Nc1cc(C)cc(F)c1)c1ncccc1C(=O)O. The van der Waals surface area contributed by atoms with Crippen LogP contribution in [0.2, 0.25) is 0 Å². The molecule has 1 heterocycles. The van der Waals surface area contributed by atoms with Crippen molar-refractivity contribution < 1.29 is 19.1 Å². The number of carboxylic acid groups (broad SMARTS) is 1. The lowest BCUT2D eigenvalue weighted by Crippen LogP contribution is -2.25. The van der Waals surface area contributed by atoms with E-state index in [9.17, 15) is 14.0 Å². The molecule has 0 bridgehead atoms. The first-order valence-corrected chi connectivity index (χ1v) is 6.94. The summed E-state index contributed by atoms with van der Waals surface area (Å²) in [5.74, 6) is -1.61. The number of hydrogen-bond donors (Lipinski definition) is 3. The molecule has 0 aliphatic rings. The Morgan fingerprint density at radius 3 is 2.71 bits per heavy atom. The van der Waals surface area contributed by atoms with Crippen LogP contribution >= 0.6 is 0 Å². The number of carbonyl (C=O) groups excluding carboxylic acids is 1. The molecule has 24 heavy (non-hydrogen) atoms. The number of halogens is 1. The number of pyridine rings is 1. The van der Waals surface area contributed by atoms with Crippen molar-refractivity contribution in [2.24, 2.45) is 5.10 Å². The Morgan fingerprint density at radius 2 is 2.04 bits per heavy atom. The van der Waals surface area contributed by atoms with Crippen LogP contribution in [0, 0.1) is 12.7 Å². The van der Waals surface area contributed by atoms with Crippen LogP contribution in [0.3, 0.4) is 0 Å². The normalized spacial score (nSPS) is 11.0. The average Bonchev–Trinajstić information content (AvgIpc) is 2.51. The van der Waals surface area contributed by atoms with E-state index in [0.717, 1.165) is 0 Å². The van der Waals surface area contributed by atoms with Crippen molar-refractivity contribution in [2.75, 3.05) is 5.32 Å². The Kier molecular flexibility index (Phi) is 5.20. The van der Waals surface area contributed by atoms with E-state index in [0.29, 0.717) is 5.56 Å². The highest BCUT2D eigenvalue weighted by atomic mass is 19.1. The first-order valence-electron chi connectivity index (χ1n) is 6.94. The van der Waals surface area contributed by atoms with E-state index in [2.05, 4.69) is 20.8 Å². The smallest absolute Gasteiger partial charge is 0.339 e. The highest BCUT2D eigenvalue weighted by Crippen LogP contribution is 2.13. The van der Waals surface area contributed by atoms with Gasteiger partial charge in [0.2, 0.25) is 0 Å². The molecule has 0 unspecified atom stereocenters. The van der Waals surface area contributed by atoms with Crippen molar-refractivity contribution >= 4 is 23.4 Å². The second kappa shape index (κ2) is 7.32. The number of hydrazone groups is 1. The van der Waals surface area contributed by atoms with Gasteiger partial charge >= 0.3 is 12.0 Å². The van der Waals surface area contributed by atoms with Crippen LogP contribution in [0.1, 0.15) is 28.5 Å². The first-order chi connectivity index (χ1) is 11.4. The maximum absolute atomic E-state index is 13.3. The number of carbonyl (C=O) groups is 2. The molecule has 0 aliphatic heterocycles. The van der Waals surface area contributed by atoms with Gasteiger partial charge in [0.15, 0.2) is 0 Å². The summed E-state index contributed by atoms with van der Waals surface area (Å²) in [6, 6.07) is 6.30. The fourth-order valence-electron chi connectivity index (χ4n) is 2.02. The molecule has 2 amide bonds. The van der Waals surface area contributed by atoms with Crippen LogP contribution in [0.4, 0.5) is 14.9 Å². The summed E-state index contributed by atoms with van der Waals surface area (Å²) in [6.45, 7) is 3.21. The van der Waals surface area contributed by atoms with Gasteiger partial charge in [0.25, 0.3) is 0 Å². The summed E-state index contributed by atoms with van der Waals surface area (Å²) in [4.78, 5) is 26.9. The number of rotatable bonds is 4. The van der Waals surface area contributed by atoms with E-state index in [-0.39, 0.29) is 22.7 Å². The van der Waals surface area contributed by atoms with Crippen molar-refractivity contribution in [3.8, 4) is 0 Å². The van der Waals surface area contributed by atoms with Gasteiger partial charge in [-0.15, -0.1) is 0 Å². The molecule has 1 aromatic carbocycles. The van der Waals surface area contributed by atoms with Gasteiger partial charge < -0.3 is 10.4 Å². The van der Waals surface area contributed by atoms with Crippen molar-refractivity contribution in [2.45, 2.75) is 13.8 Å². The van der Waals surface area contributed by atoms with E-state index < -0.39 is 17.8 Å². The molecular formula is C16H15FN4O3. The number of anilines is 1. The number of aryl methyl sites for hydroxylation is 1. The maximum Gasteiger partial charge on any atom is 0.339 e. The van der Waals surface area contributed by atoms with Crippen LogP contribution in [0.25, 0.3) is 0 Å². The predicted molar refractivity (Wildman–Crippen MR) is 86.7 cm³/mol. The van der Waals surface area contributed by atoms with Gasteiger partial charge in [-0.25, -0.2) is 19.4 Å². The number of aromatic carboxylic acids is 1. The molecule has 1 aromatic heterocycles. The number of aromatic nitrogens is 1. The standard InChI is InChI=1S/C16H15FN4O3/c1-9-6-11(17)8-12(7-9)19-16(24)21-20-10(2)14-13(15(22)23)4-3-5-18-14/h3-8H,1-2H3,(H,22,23)(H2,19,21,24). The molecule has 0 aliphatic carbocycles. The fourth-order valence-corrected chi connectivity index (χ4v) is 2.02. The Labute approximate surface area is 137 Å². The number of carboxylic acids is 1. The van der Waals surface area contributed by atoms with Gasteiger partial charge in [-0.1, -0.05) is 0 Å². The minimum absolute atomic E-state index is 0.0262. The number of amides is 2. The molecule has 2 rings (SSSR count). The maximum atomic E-state index is 13.3. The molecule has 0 radical (unpaired) electrons. The van der Waals surface area contributed by atoms with Crippen LogP contribution in [0.5, 0.6) is 0 Å². The average molecular weight is 330 g/mol. The van der Waals surface area contributed by atoms with Crippen molar-refractivity contribution in [1.82, 2.24) is 10.4 Å². The molecule has 0 spiro atoms. The Hall–Kier alpha value is -3.29. The molecule has 124 valence electrons. The Bertz CT molecular complexity index is 800. The Morgan fingerprint density at radius 1 is 1.29 bits per heavy atom. The zero-order chi connectivity index (χ0) is 17.7. The predicted octanol–water partition coefficient (Wildman–Crippen LogP) is 2.77. The highest BCUT2D eigenvalue weighted by Gasteiger charge is 2.13. The summed E-state index contributed by atoms with van der Waals surface area (Å²) in [5.41, 5.74) is 3.49. The molecule has 2 aromatic rings. The molecule has 0 fully saturated rings. The van der Waals surface area contributed by atoms with Crippen molar-refractivity contribution in [1.29, 1.82) is 0 Å². The molecule has 0 saturated heterocycles. The van der Waals surface area contributed by atoms with E-state index in [4.69, 9.17) is 5.11 Å². The fraction of sp³-hybridized carbons (Fsp3) is 0.125. The summed E-state index contributed by atoms with van der Waals surface area (Å²) in [6.07, 6.45) is 1.43. The molecule has 3 N–H and O–H groups in total. The van der Waals surface area contributed by atoms with Gasteiger partial charge in [0, 0.05) is 11.9 Å². The molecule has 0 atom stereocenters. The van der Waals surface area contributed by atoms with Crippen molar-refractivity contribution in [3.63, 3.8) is 0 Å². The first kappa shape index (κ1) is 17.1. The molecule has 0 saturated carbocycles. The van der Waals surface area contributed by atoms with E-state index in [1.807, 2.05) is 0 Å². The monoisotopic (exact) mass is 330 g/mol. The third-order valence-electron chi connectivity index (χ3n) is 3.01. The number of nitrogens with one attached hydrogen (secondary N) is 2. The highest BCUT2D eigenvalue weighted by molar-refractivity contribution is 6.06. The number of urea groups is 1. The lowest BCUT2D eigenvalue weighted by Gasteiger charge is -2.07. The molecule has 8 heteroatoms. The van der Waals surface area contributed by atoms with Crippen LogP contribution < -0.4 is 10.7 Å². The second-order valence-electron chi connectivity index (χ2n) is 4.99. The van der Waals surface area contributed by atoms with Crippen LogP contribution in [0.15, 0.2) is 41.6 Å².